The summed E-state index contributed by atoms with van der Waals surface area (Å²) in [6, 6.07) is 1.54. The fraction of sp³-hybridized carbons (Fsp3) is 1.00. The Labute approximate surface area is 63.6 Å². The molecule has 1 N–H and O–H groups in total. The van der Waals surface area contributed by atoms with Crippen LogP contribution in [0.3, 0.4) is 0 Å². The zero-order valence-electron chi connectivity index (χ0n) is 7.22. The van der Waals surface area contributed by atoms with Gasteiger partial charge in [0.1, 0.15) is 0 Å². The van der Waals surface area contributed by atoms with Crippen LogP contribution in [0.1, 0.15) is 20.3 Å². The van der Waals surface area contributed by atoms with E-state index in [1.165, 1.54) is 13.0 Å². The van der Waals surface area contributed by atoms with Crippen molar-refractivity contribution in [1.82, 2.24) is 10.2 Å². The van der Waals surface area contributed by atoms with Gasteiger partial charge in [0.05, 0.1) is 0 Å². The second-order valence-electron chi connectivity index (χ2n) is 3.28. The van der Waals surface area contributed by atoms with Crippen molar-refractivity contribution in [2.45, 2.75) is 32.4 Å². The van der Waals surface area contributed by atoms with Crippen LogP contribution < -0.4 is 5.32 Å². The summed E-state index contributed by atoms with van der Waals surface area (Å²) in [5.41, 5.74) is 0. The van der Waals surface area contributed by atoms with Crippen molar-refractivity contribution in [3.8, 4) is 0 Å². The van der Waals surface area contributed by atoms with Crippen LogP contribution >= 0.6 is 0 Å². The summed E-state index contributed by atoms with van der Waals surface area (Å²) in [4.78, 5) is 2.54. The van der Waals surface area contributed by atoms with Gasteiger partial charge in [0.25, 0.3) is 0 Å². The molecule has 2 unspecified atom stereocenters. The summed E-state index contributed by atoms with van der Waals surface area (Å²) < 4.78 is 0. The largest absolute Gasteiger partial charge is 0.318 e. The number of rotatable bonds is 3. The number of hydrogen-bond donors (Lipinski definition) is 1. The highest BCUT2D eigenvalue weighted by Crippen LogP contribution is 2.18. The molecule has 0 aromatic heterocycles. The number of hydrogen-bond acceptors (Lipinski definition) is 2. The molecule has 0 bridgehead atoms. The number of nitrogens with one attached hydrogen (secondary N) is 1. The molecule has 2 heteroatoms. The minimum atomic E-state index is 0.716. The van der Waals surface area contributed by atoms with Gasteiger partial charge in [0.2, 0.25) is 0 Å². The highest BCUT2D eigenvalue weighted by atomic mass is 15.2. The van der Waals surface area contributed by atoms with Crippen LogP contribution in [-0.4, -0.2) is 37.1 Å². The smallest absolute Gasteiger partial charge is 0.0195 e. The molecular weight excluding hydrogens is 124 g/mol. The molecule has 1 aliphatic heterocycles. The van der Waals surface area contributed by atoms with Gasteiger partial charge < -0.3 is 5.32 Å². The normalized spacial score (nSPS) is 29.7. The van der Waals surface area contributed by atoms with Crippen molar-refractivity contribution in [2.75, 3.05) is 20.1 Å². The van der Waals surface area contributed by atoms with E-state index in [1.54, 1.807) is 0 Å². The third kappa shape index (κ3) is 1.50. The fourth-order valence-corrected chi connectivity index (χ4v) is 1.60. The first-order chi connectivity index (χ1) is 4.75. The molecule has 0 amide bonds. The Bertz CT molecular complexity index is 103. The van der Waals surface area contributed by atoms with Gasteiger partial charge in [0, 0.05) is 25.2 Å². The Morgan fingerprint density at radius 3 is 2.70 bits per heavy atom. The SMILES string of the molecule is CNCC(C)N1CCC1C. The summed E-state index contributed by atoms with van der Waals surface area (Å²) >= 11 is 0. The number of likely N-dealkylation sites (tertiary alicyclic amines) is 1. The maximum absolute atomic E-state index is 3.20. The molecule has 0 radical (unpaired) electrons. The predicted octanol–water partition coefficient (Wildman–Crippen LogP) is 0.689. The van der Waals surface area contributed by atoms with Gasteiger partial charge in [-0.1, -0.05) is 0 Å². The van der Waals surface area contributed by atoms with Crippen LogP contribution in [0.4, 0.5) is 0 Å². The van der Waals surface area contributed by atoms with E-state index in [1.807, 2.05) is 7.05 Å². The standard InChI is InChI=1S/C8H18N2/c1-7-4-5-10(7)8(2)6-9-3/h7-9H,4-6H2,1-3H3. The van der Waals surface area contributed by atoms with E-state index in [0.29, 0.717) is 6.04 Å². The molecule has 1 aliphatic rings. The molecular formula is C8H18N2. The van der Waals surface area contributed by atoms with Gasteiger partial charge in [-0.05, 0) is 27.3 Å². The quantitative estimate of drug-likeness (QED) is 0.623. The molecule has 10 heavy (non-hydrogen) atoms. The lowest BCUT2D eigenvalue weighted by atomic mass is 10.0. The molecule has 1 fully saturated rings. The molecule has 0 spiro atoms. The number of likely N-dealkylation sites (N-methyl/N-ethyl adjacent to an activating group) is 1. The second-order valence-corrected chi connectivity index (χ2v) is 3.28. The molecule has 0 aliphatic carbocycles. The molecule has 2 nitrogen and oxygen atoms in total. The van der Waals surface area contributed by atoms with Crippen molar-refractivity contribution < 1.29 is 0 Å². The van der Waals surface area contributed by atoms with E-state index < -0.39 is 0 Å². The number of nitrogens with zero attached hydrogens (tertiary/aromatic N) is 1. The monoisotopic (exact) mass is 142 g/mol. The Morgan fingerprint density at radius 1 is 1.70 bits per heavy atom. The summed E-state index contributed by atoms with van der Waals surface area (Å²) in [7, 11) is 2.01. The lowest BCUT2D eigenvalue weighted by Crippen LogP contribution is -2.53. The van der Waals surface area contributed by atoms with Crippen LogP contribution in [0.2, 0.25) is 0 Å². The molecule has 0 aromatic rings. The minimum absolute atomic E-state index is 0.716. The van der Waals surface area contributed by atoms with E-state index >= 15 is 0 Å². The van der Waals surface area contributed by atoms with E-state index in [4.69, 9.17) is 0 Å². The third-order valence-electron chi connectivity index (χ3n) is 2.44. The molecule has 1 heterocycles. The average molecular weight is 142 g/mol. The van der Waals surface area contributed by atoms with E-state index in [9.17, 15) is 0 Å². The molecule has 60 valence electrons. The van der Waals surface area contributed by atoms with Crippen LogP contribution in [0.5, 0.6) is 0 Å². The third-order valence-corrected chi connectivity index (χ3v) is 2.44. The van der Waals surface area contributed by atoms with Crippen molar-refractivity contribution in [3.63, 3.8) is 0 Å². The molecule has 0 aromatic carbocycles. The second kappa shape index (κ2) is 3.35. The van der Waals surface area contributed by atoms with Crippen molar-refractivity contribution in [2.24, 2.45) is 0 Å². The van der Waals surface area contributed by atoms with Crippen LogP contribution in [0.25, 0.3) is 0 Å². The van der Waals surface area contributed by atoms with Crippen LogP contribution in [0.15, 0.2) is 0 Å². The first kappa shape index (κ1) is 8.02. The lowest BCUT2D eigenvalue weighted by Gasteiger charge is -2.43. The highest BCUT2D eigenvalue weighted by molar-refractivity contribution is 4.83. The van der Waals surface area contributed by atoms with Crippen molar-refractivity contribution in [1.29, 1.82) is 0 Å². The average Bonchev–Trinajstić information content (AvgIpc) is 1.85. The Balaban J connectivity index is 2.20. The lowest BCUT2D eigenvalue weighted by molar-refractivity contribution is 0.0616. The fourth-order valence-electron chi connectivity index (χ4n) is 1.60. The van der Waals surface area contributed by atoms with E-state index in [2.05, 4.69) is 24.1 Å². The minimum Gasteiger partial charge on any atom is -0.318 e. The summed E-state index contributed by atoms with van der Waals surface area (Å²) in [5, 5.41) is 3.20. The van der Waals surface area contributed by atoms with Gasteiger partial charge in [-0.15, -0.1) is 0 Å². The Kier molecular flexibility index (Phi) is 2.69. The molecule has 0 saturated carbocycles. The maximum atomic E-state index is 3.20. The molecule has 2 atom stereocenters. The first-order valence-electron chi connectivity index (χ1n) is 4.16. The first-order valence-corrected chi connectivity index (χ1v) is 4.16. The van der Waals surface area contributed by atoms with Crippen LogP contribution in [0, 0.1) is 0 Å². The predicted molar refractivity (Wildman–Crippen MR) is 44.2 cm³/mol. The van der Waals surface area contributed by atoms with Gasteiger partial charge in [-0.2, -0.15) is 0 Å². The summed E-state index contributed by atoms with van der Waals surface area (Å²) in [5.74, 6) is 0. The Hall–Kier alpha value is -0.0800. The molecule has 1 rings (SSSR count). The topological polar surface area (TPSA) is 15.3 Å². The van der Waals surface area contributed by atoms with E-state index in [0.717, 1.165) is 12.6 Å². The van der Waals surface area contributed by atoms with Gasteiger partial charge in [-0.25, -0.2) is 0 Å². The van der Waals surface area contributed by atoms with Gasteiger partial charge in [0.15, 0.2) is 0 Å². The zero-order chi connectivity index (χ0) is 7.56. The zero-order valence-corrected chi connectivity index (χ0v) is 7.22. The van der Waals surface area contributed by atoms with Gasteiger partial charge in [-0.3, -0.25) is 4.90 Å². The van der Waals surface area contributed by atoms with Crippen molar-refractivity contribution in [3.05, 3.63) is 0 Å². The summed E-state index contributed by atoms with van der Waals surface area (Å²) in [6.45, 7) is 7.00. The summed E-state index contributed by atoms with van der Waals surface area (Å²) in [6.07, 6.45) is 1.38. The maximum Gasteiger partial charge on any atom is 0.0195 e. The van der Waals surface area contributed by atoms with Crippen molar-refractivity contribution >= 4 is 0 Å². The highest BCUT2D eigenvalue weighted by Gasteiger charge is 2.26. The Morgan fingerprint density at radius 2 is 2.40 bits per heavy atom. The molecule has 1 saturated heterocycles. The van der Waals surface area contributed by atoms with E-state index in [-0.39, 0.29) is 0 Å². The van der Waals surface area contributed by atoms with Gasteiger partial charge >= 0.3 is 0 Å². The van der Waals surface area contributed by atoms with Crippen LogP contribution in [-0.2, 0) is 0 Å².